The van der Waals surface area contributed by atoms with Crippen LogP contribution in [0.3, 0.4) is 0 Å². The Kier molecular flexibility index (Phi) is 3.21. The molecular weight excluding hydrogens is 290 g/mol. The van der Waals surface area contributed by atoms with Gasteiger partial charge in [-0.25, -0.2) is 4.79 Å². The van der Waals surface area contributed by atoms with Crippen LogP contribution < -0.4 is 10.4 Å². The molecule has 7 nitrogen and oxygen atoms in total. The van der Waals surface area contributed by atoms with Gasteiger partial charge in [-0.15, -0.1) is 4.68 Å². The second-order valence-corrected chi connectivity index (χ2v) is 5.21. The fraction of sp³-hybridized carbons (Fsp3) is 0.231. The molecule has 3 aromatic rings. The van der Waals surface area contributed by atoms with Crippen molar-refractivity contribution >= 4 is 11.5 Å². The summed E-state index contributed by atoms with van der Waals surface area (Å²) in [5, 5.41) is 8.09. The summed E-state index contributed by atoms with van der Waals surface area (Å²) >= 11 is 1.16. The minimum absolute atomic E-state index is 0.257. The molecule has 0 aliphatic carbocycles. The van der Waals surface area contributed by atoms with Crippen LogP contribution in [-0.4, -0.2) is 24.2 Å². The summed E-state index contributed by atoms with van der Waals surface area (Å²) < 4.78 is 19.8. The molecule has 108 valence electrons. The fourth-order valence-electron chi connectivity index (χ4n) is 1.79. The maximum atomic E-state index is 11.9. The highest BCUT2D eigenvalue weighted by Crippen LogP contribution is 2.21. The Morgan fingerprint density at radius 2 is 2.29 bits per heavy atom. The minimum atomic E-state index is -0.333. The third kappa shape index (κ3) is 2.57. The van der Waals surface area contributed by atoms with E-state index in [1.807, 2.05) is 6.92 Å². The van der Waals surface area contributed by atoms with Gasteiger partial charge < -0.3 is 4.74 Å². The van der Waals surface area contributed by atoms with Crippen molar-refractivity contribution in [3.05, 3.63) is 52.0 Å². The van der Waals surface area contributed by atoms with Crippen molar-refractivity contribution in [3.8, 4) is 10.8 Å². The zero-order valence-corrected chi connectivity index (χ0v) is 12.3. The Hall–Kier alpha value is -2.48. The molecule has 0 unspecified atom stereocenters. The number of nitrogens with zero attached hydrogens (tertiary/aromatic N) is 5. The Bertz CT molecular complexity index is 869. The van der Waals surface area contributed by atoms with E-state index in [9.17, 15) is 4.79 Å². The van der Waals surface area contributed by atoms with Crippen molar-refractivity contribution in [1.29, 1.82) is 0 Å². The third-order valence-electron chi connectivity index (χ3n) is 2.94. The first kappa shape index (κ1) is 12.3. The van der Waals surface area contributed by atoms with Crippen LogP contribution in [0.1, 0.15) is 12.5 Å². The van der Waals surface area contributed by atoms with E-state index in [0.717, 1.165) is 27.3 Å². The van der Waals surface area contributed by atoms with Crippen LogP contribution in [0.4, 0.5) is 0 Å². The molecule has 0 saturated heterocycles. The van der Waals surface area contributed by atoms with Gasteiger partial charge in [0.15, 0.2) is 5.00 Å². The molecule has 0 radical (unpaired) electrons. The van der Waals surface area contributed by atoms with Gasteiger partial charge >= 0.3 is 5.69 Å². The molecule has 0 atom stereocenters. The SMILES string of the molecule is [3H]c1ccc(OCc2cnsc2-n2nnn(C)c2=O)c(C)c1. The summed E-state index contributed by atoms with van der Waals surface area (Å²) in [5.74, 6) is 0.694. The number of tetrazole rings is 1. The molecule has 0 spiro atoms. The monoisotopic (exact) mass is 305 g/mol. The van der Waals surface area contributed by atoms with Crippen molar-refractivity contribution in [2.45, 2.75) is 13.5 Å². The van der Waals surface area contributed by atoms with Gasteiger partial charge in [0.1, 0.15) is 12.4 Å². The maximum absolute atomic E-state index is 11.9. The van der Waals surface area contributed by atoms with Crippen LogP contribution in [0.2, 0.25) is 0 Å². The minimum Gasteiger partial charge on any atom is -0.488 e. The van der Waals surface area contributed by atoms with E-state index in [-0.39, 0.29) is 12.3 Å². The molecule has 0 amide bonds. The van der Waals surface area contributed by atoms with Gasteiger partial charge in [-0.1, -0.05) is 18.2 Å². The molecule has 2 aromatic heterocycles. The maximum Gasteiger partial charge on any atom is 0.369 e. The largest absolute Gasteiger partial charge is 0.488 e. The highest BCUT2D eigenvalue weighted by molar-refractivity contribution is 7.08. The number of hydrogen-bond acceptors (Lipinski definition) is 6. The summed E-state index contributed by atoms with van der Waals surface area (Å²) in [5.41, 5.74) is 1.30. The number of ether oxygens (including phenoxy) is 1. The molecule has 0 aliphatic rings. The molecule has 1 aromatic carbocycles. The molecule has 21 heavy (non-hydrogen) atoms. The third-order valence-corrected chi connectivity index (χ3v) is 3.76. The van der Waals surface area contributed by atoms with E-state index >= 15 is 0 Å². The standard InChI is InChI=1S/C13H13N5O2S/c1-9-5-3-4-6-11(9)20-8-10-7-14-21-12(10)18-13(19)17(2)15-16-18/h3-7H,8H2,1-2H3/i3T. The lowest BCUT2D eigenvalue weighted by atomic mass is 10.2. The summed E-state index contributed by atoms with van der Waals surface area (Å²) in [6.07, 6.45) is 1.65. The average Bonchev–Trinajstić information content (AvgIpc) is 3.06. The van der Waals surface area contributed by atoms with E-state index in [2.05, 4.69) is 14.8 Å². The first-order chi connectivity index (χ1) is 10.6. The predicted molar refractivity (Wildman–Crippen MR) is 77.8 cm³/mol. The van der Waals surface area contributed by atoms with E-state index in [1.165, 1.54) is 11.7 Å². The van der Waals surface area contributed by atoms with Crippen LogP contribution in [0, 0.1) is 6.92 Å². The molecular formula is C13H13N5O2S. The average molecular weight is 305 g/mol. The zero-order chi connectivity index (χ0) is 15.7. The van der Waals surface area contributed by atoms with Crippen LogP contribution >= 0.6 is 11.5 Å². The molecule has 8 heteroatoms. The number of para-hydroxylation sites is 1. The van der Waals surface area contributed by atoms with Gasteiger partial charge in [-0.05, 0) is 40.5 Å². The Labute approximate surface area is 126 Å². The van der Waals surface area contributed by atoms with E-state index < -0.39 is 0 Å². The predicted octanol–water partition coefficient (Wildman–Crippen LogP) is 1.31. The lowest BCUT2D eigenvalue weighted by Gasteiger charge is -2.08. The van der Waals surface area contributed by atoms with Crippen molar-refractivity contribution in [2.24, 2.45) is 7.05 Å². The van der Waals surface area contributed by atoms with E-state index in [1.54, 1.807) is 24.4 Å². The van der Waals surface area contributed by atoms with E-state index in [4.69, 9.17) is 6.11 Å². The van der Waals surface area contributed by atoms with Gasteiger partial charge in [-0.3, -0.25) is 0 Å². The summed E-state index contributed by atoms with van der Waals surface area (Å²) in [4.78, 5) is 11.9. The smallest absolute Gasteiger partial charge is 0.369 e. The molecule has 2 heterocycles. The highest BCUT2D eigenvalue weighted by Gasteiger charge is 2.14. The van der Waals surface area contributed by atoms with Crippen LogP contribution in [0.15, 0.2) is 35.2 Å². The lowest BCUT2D eigenvalue weighted by Crippen LogP contribution is -2.22. The number of benzene rings is 1. The zero-order valence-electron chi connectivity index (χ0n) is 12.5. The number of aryl methyl sites for hydroxylation is 2. The molecule has 0 bridgehead atoms. The van der Waals surface area contributed by atoms with Crippen LogP contribution in [-0.2, 0) is 13.7 Å². The van der Waals surface area contributed by atoms with Gasteiger partial charge in [-0.2, -0.15) is 9.06 Å². The Balaban J connectivity index is 1.84. The fourth-order valence-corrected chi connectivity index (χ4v) is 2.49. The molecule has 0 fully saturated rings. The first-order valence-corrected chi connectivity index (χ1v) is 6.96. The van der Waals surface area contributed by atoms with Gasteiger partial charge in [0.05, 0.1) is 1.37 Å². The molecule has 3 rings (SSSR count). The highest BCUT2D eigenvalue weighted by atomic mass is 32.1. The van der Waals surface area contributed by atoms with Crippen molar-refractivity contribution in [2.75, 3.05) is 0 Å². The molecule has 0 saturated carbocycles. The number of hydrogen-bond donors (Lipinski definition) is 0. The normalized spacial score (nSPS) is 11.4. The lowest BCUT2D eigenvalue weighted by molar-refractivity contribution is 0.304. The molecule has 0 aliphatic heterocycles. The Morgan fingerprint density at radius 3 is 3.00 bits per heavy atom. The first-order valence-electron chi connectivity index (χ1n) is 6.69. The quantitative estimate of drug-likeness (QED) is 0.726. The van der Waals surface area contributed by atoms with Crippen molar-refractivity contribution in [3.63, 3.8) is 0 Å². The second kappa shape index (κ2) is 5.49. The summed E-state index contributed by atoms with van der Waals surface area (Å²) in [6.45, 7) is 2.14. The summed E-state index contributed by atoms with van der Waals surface area (Å²) in [7, 11) is 1.54. The van der Waals surface area contributed by atoms with Crippen molar-refractivity contribution in [1.82, 2.24) is 24.2 Å². The summed E-state index contributed by atoms with van der Waals surface area (Å²) in [6, 6.07) is 5.59. The second-order valence-electron chi connectivity index (χ2n) is 4.43. The molecule has 0 N–H and O–H groups in total. The van der Waals surface area contributed by atoms with E-state index in [0.29, 0.717) is 16.8 Å². The van der Waals surface area contributed by atoms with Gasteiger partial charge in [0.2, 0.25) is 0 Å². The topological polar surface area (TPSA) is 74.8 Å². The van der Waals surface area contributed by atoms with Crippen molar-refractivity contribution < 1.29 is 6.11 Å². The van der Waals surface area contributed by atoms with Gasteiger partial charge in [0.25, 0.3) is 0 Å². The number of rotatable bonds is 4. The number of aromatic nitrogens is 5. The van der Waals surface area contributed by atoms with Crippen LogP contribution in [0.5, 0.6) is 5.75 Å². The Morgan fingerprint density at radius 1 is 1.43 bits per heavy atom. The van der Waals surface area contributed by atoms with Crippen LogP contribution in [0.25, 0.3) is 5.00 Å². The van der Waals surface area contributed by atoms with Gasteiger partial charge in [0, 0.05) is 18.8 Å².